The largest absolute Gasteiger partial charge is 0.390 e. The van der Waals surface area contributed by atoms with E-state index in [-0.39, 0.29) is 72.0 Å². The first kappa shape index (κ1) is 39.8. The molecule has 9 nitrogen and oxygen atoms in total. The number of aliphatic hydroxyl groups is 1. The molecule has 0 fully saturated rings. The number of anilines is 1. The van der Waals surface area contributed by atoms with Gasteiger partial charge in [-0.25, -0.2) is 13.8 Å². The first-order valence-corrected chi connectivity index (χ1v) is 14.8. The molecule has 0 unspecified atom stereocenters. The number of sulfonamides is 1. The van der Waals surface area contributed by atoms with Gasteiger partial charge >= 0.3 is 0 Å². The predicted molar refractivity (Wildman–Crippen MR) is 177 cm³/mol. The minimum absolute atomic E-state index is 0. The predicted octanol–water partition coefficient (Wildman–Crippen LogP) is 4.82. The maximum Gasteiger partial charge on any atom is 0.280 e. The summed E-state index contributed by atoms with van der Waals surface area (Å²) in [6, 6.07) is 15.9. The van der Waals surface area contributed by atoms with Gasteiger partial charge in [0.15, 0.2) is 5.03 Å². The van der Waals surface area contributed by atoms with Crippen molar-refractivity contribution in [1.82, 2.24) is 20.2 Å². The second-order valence-electron chi connectivity index (χ2n) is 10.00. The van der Waals surface area contributed by atoms with Crippen LogP contribution < -0.4 is 15.4 Å². The van der Waals surface area contributed by atoms with Crippen LogP contribution in [0.3, 0.4) is 0 Å². The molecule has 1 amide bonds. The van der Waals surface area contributed by atoms with Gasteiger partial charge in [0.2, 0.25) is 0 Å². The number of aryl methyl sites for hydroxylation is 2. The normalized spacial score (nSPS) is 12.1. The molecule has 0 radical (unpaired) electrons. The highest BCUT2D eigenvalue weighted by molar-refractivity contribution is 7.92. The van der Waals surface area contributed by atoms with E-state index in [0.717, 1.165) is 30.2 Å². The highest BCUT2D eigenvalue weighted by Crippen LogP contribution is 2.17. The molecule has 246 valence electrons. The number of hydrogen-bond acceptors (Lipinski definition) is 6. The van der Waals surface area contributed by atoms with Crippen LogP contribution in [0.4, 0.5) is 14.5 Å². The van der Waals surface area contributed by atoms with Crippen molar-refractivity contribution in [2.75, 3.05) is 11.3 Å². The highest BCUT2D eigenvalue weighted by Gasteiger charge is 2.24. The molecule has 4 rings (SSSR count). The Morgan fingerprint density at radius 2 is 1.62 bits per heavy atom. The molecule has 4 N–H and O–H groups in total. The molecule has 0 aliphatic heterocycles. The Morgan fingerprint density at radius 1 is 0.956 bits per heavy atom. The molecule has 15 heteroatoms. The Bertz CT molecular complexity index is 1640. The molecule has 1 aromatic heterocycles. The zero-order chi connectivity index (χ0) is 30.3. The minimum Gasteiger partial charge on any atom is -0.390 e. The lowest BCUT2D eigenvalue weighted by molar-refractivity contribution is 0.0830. The first-order chi connectivity index (χ1) is 20.0. The fourth-order valence-electron chi connectivity index (χ4n) is 4.44. The number of carbonyl (C=O) groups is 1. The lowest BCUT2D eigenvalue weighted by Crippen LogP contribution is -2.48. The van der Waals surface area contributed by atoms with E-state index >= 15 is 0 Å². The third kappa shape index (κ3) is 11.6. The third-order valence-electron chi connectivity index (χ3n) is 6.57. The third-order valence-corrected chi connectivity index (χ3v) is 7.84. The minimum atomic E-state index is -3.99. The number of benzene rings is 3. The number of carbonyl (C=O) groups excluding carboxylic acids is 1. The van der Waals surface area contributed by atoms with Gasteiger partial charge in [0.1, 0.15) is 11.6 Å². The van der Waals surface area contributed by atoms with Crippen LogP contribution >= 0.6 is 37.2 Å². The second-order valence-corrected chi connectivity index (χ2v) is 11.6. The monoisotopic (exact) mass is 705 g/mol. The van der Waals surface area contributed by atoms with E-state index in [1.807, 2.05) is 18.2 Å². The number of nitrogens with one attached hydrogen (secondary N) is 3. The van der Waals surface area contributed by atoms with Gasteiger partial charge in [0, 0.05) is 43.7 Å². The number of nitrogens with zero attached hydrogens (tertiary/aromatic N) is 2. The molecule has 0 spiro atoms. The van der Waals surface area contributed by atoms with Crippen molar-refractivity contribution in [3.63, 3.8) is 0 Å². The molecular formula is C30H36Cl3F2N5O4S. The van der Waals surface area contributed by atoms with Crippen molar-refractivity contribution >= 4 is 58.8 Å². The molecule has 0 saturated carbocycles. The van der Waals surface area contributed by atoms with Gasteiger partial charge in [-0.15, -0.1) is 37.2 Å². The van der Waals surface area contributed by atoms with Gasteiger partial charge in [0.05, 0.1) is 18.5 Å². The van der Waals surface area contributed by atoms with Crippen molar-refractivity contribution in [2.24, 2.45) is 7.05 Å². The number of halogens is 5. The molecule has 0 aliphatic carbocycles. The quantitative estimate of drug-likeness (QED) is 0.158. The Kier molecular flexibility index (Phi) is 15.9. The Labute approximate surface area is 280 Å². The number of imidazole rings is 1. The van der Waals surface area contributed by atoms with E-state index in [2.05, 4.69) is 33.3 Å². The number of rotatable bonds is 13. The number of aromatic nitrogens is 2. The van der Waals surface area contributed by atoms with Crippen LogP contribution in [0.1, 0.15) is 34.0 Å². The zero-order valence-electron chi connectivity index (χ0n) is 24.4. The lowest BCUT2D eigenvalue weighted by atomic mass is 10.00. The van der Waals surface area contributed by atoms with Crippen LogP contribution in [-0.2, 0) is 36.5 Å². The number of aliphatic hydroxyl groups excluding tert-OH is 1. The summed E-state index contributed by atoms with van der Waals surface area (Å²) >= 11 is 0. The Hall–Kier alpha value is -3.26. The van der Waals surface area contributed by atoms with E-state index in [1.54, 1.807) is 7.05 Å². The average molecular weight is 707 g/mol. The molecule has 3 aromatic carbocycles. The highest BCUT2D eigenvalue weighted by atomic mass is 35.5. The van der Waals surface area contributed by atoms with Crippen molar-refractivity contribution in [1.29, 1.82) is 0 Å². The number of hydrogen-bond donors (Lipinski definition) is 4. The maximum absolute atomic E-state index is 13.9. The summed E-state index contributed by atoms with van der Waals surface area (Å²) in [7, 11) is -2.35. The van der Waals surface area contributed by atoms with Crippen molar-refractivity contribution < 1.29 is 27.1 Å². The van der Waals surface area contributed by atoms with Gasteiger partial charge in [0.25, 0.3) is 15.9 Å². The van der Waals surface area contributed by atoms with E-state index in [1.165, 1.54) is 46.9 Å². The summed E-state index contributed by atoms with van der Waals surface area (Å²) in [6.45, 7) is 2.62. The molecule has 4 aromatic rings. The molecule has 1 heterocycles. The molecule has 0 aliphatic rings. The maximum atomic E-state index is 13.9. The standard InChI is InChI=1S/C30H33F2N5O4S.3ClH/c1-3-20-6-4-7-21(10-20)16-33-17-28(38)27(13-22-11-24(31)15-25(32)12-22)35-30(39)23-8-5-9-26(14-23)36-42(40,41)29-18-37(2)19-34-29;;;/h4-12,14-15,18-19,27-28,33,36,38H,3,13,16-17H2,1-2H3,(H,35,39);3*1H/t27-,28+;;;/m0.../s1. The van der Waals surface area contributed by atoms with E-state index < -0.39 is 39.7 Å². The smallest absolute Gasteiger partial charge is 0.280 e. The van der Waals surface area contributed by atoms with E-state index in [0.29, 0.717) is 6.54 Å². The summed E-state index contributed by atoms with van der Waals surface area (Å²) in [5.74, 6) is -2.15. The van der Waals surface area contributed by atoms with Crippen molar-refractivity contribution in [3.05, 3.63) is 113 Å². The van der Waals surface area contributed by atoms with Gasteiger partial charge in [-0.05, 0) is 59.9 Å². The molecule has 2 atom stereocenters. The molecule has 0 bridgehead atoms. The second kappa shape index (κ2) is 18.0. The topological polar surface area (TPSA) is 125 Å². The summed E-state index contributed by atoms with van der Waals surface area (Å²) in [5, 5.41) is 16.8. The number of amides is 1. The fraction of sp³-hybridized carbons (Fsp3) is 0.267. The van der Waals surface area contributed by atoms with Crippen LogP contribution in [0.5, 0.6) is 0 Å². The summed E-state index contributed by atoms with van der Waals surface area (Å²) in [5.41, 5.74) is 2.71. The van der Waals surface area contributed by atoms with Gasteiger partial charge in [-0.2, -0.15) is 8.42 Å². The van der Waals surface area contributed by atoms with E-state index in [9.17, 15) is 27.1 Å². The lowest BCUT2D eigenvalue weighted by Gasteiger charge is -2.25. The van der Waals surface area contributed by atoms with Crippen LogP contribution in [0, 0.1) is 11.6 Å². The summed E-state index contributed by atoms with van der Waals surface area (Å²) in [4.78, 5) is 17.1. The average Bonchev–Trinajstić information content (AvgIpc) is 3.39. The van der Waals surface area contributed by atoms with Crippen molar-refractivity contribution in [3.8, 4) is 0 Å². The zero-order valence-corrected chi connectivity index (χ0v) is 27.7. The van der Waals surface area contributed by atoms with Gasteiger partial charge in [-0.3, -0.25) is 9.52 Å². The first-order valence-electron chi connectivity index (χ1n) is 13.4. The summed E-state index contributed by atoms with van der Waals surface area (Å²) < 4.78 is 57.0. The Morgan fingerprint density at radius 3 is 2.27 bits per heavy atom. The SMILES string of the molecule is CCc1cccc(CNC[C@@H](O)[C@H](Cc2cc(F)cc(F)c2)NC(=O)c2cccc(NS(=O)(=O)c3cn(C)cn3)c2)c1.Cl.Cl.Cl. The van der Waals surface area contributed by atoms with Crippen LogP contribution in [-0.4, -0.2) is 47.7 Å². The molecular weight excluding hydrogens is 671 g/mol. The van der Waals surface area contributed by atoms with Crippen LogP contribution in [0.15, 0.2) is 84.3 Å². The Balaban J connectivity index is 0.00000337. The van der Waals surface area contributed by atoms with E-state index in [4.69, 9.17) is 0 Å². The molecule has 45 heavy (non-hydrogen) atoms. The van der Waals surface area contributed by atoms with Gasteiger partial charge < -0.3 is 20.3 Å². The van der Waals surface area contributed by atoms with Crippen LogP contribution in [0.2, 0.25) is 0 Å². The summed E-state index contributed by atoms with van der Waals surface area (Å²) in [6.07, 6.45) is 2.40. The molecule has 0 saturated heterocycles. The van der Waals surface area contributed by atoms with Gasteiger partial charge in [-0.1, -0.05) is 37.3 Å². The van der Waals surface area contributed by atoms with Crippen LogP contribution in [0.25, 0.3) is 0 Å². The van der Waals surface area contributed by atoms with Crippen molar-refractivity contribution in [2.45, 2.75) is 43.5 Å². The fourth-order valence-corrected chi connectivity index (χ4v) is 5.48.